The van der Waals surface area contributed by atoms with Crippen LogP contribution < -0.4 is 5.32 Å². The summed E-state index contributed by atoms with van der Waals surface area (Å²) >= 11 is 6.06. The fourth-order valence-corrected chi connectivity index (χ4v) is 2.11. The summed E-state index contributed by atoms with van der Waals surface area (Å²) in [6.07, 6.45) is 1.88. The number of hydrogen-bond acceptors (Lipinski definition) is 2. The quantitative estimate of drug-likeness (QED) is 0.879. The van der Waals surface area contributed by atoms with E-state index in [0.717, 1.165) is 5.56 Å². The van der Waals surface area contributed by atoms with Crippen molar-refractivity contribution in [2.24, 2.45) is 0 Å². The van der Waals surface area contributed by atoms with Gasteiger partial charge >= 0.3 is 0 Å². The van der Waals surface area contributed by atoms with Crippen LogP contribution in [0.25, 0.3) is 0 Å². The van der Waals surface area contributed by atoms with Gasteiger partial charge in [-0.05, 0) is 37.1 Å². The van der Waals surface area contributed by atoms with Crippen LogP contribution in [0.4, 0.5) is 4.39 Å². The Bertz CT molecular complexity index is 618. The minimum absolute atomic E-state index is 0.0569. The molecule has 0 saturated carbocycles. The Kier molecular flexibility index (Phi) is 4.69. The molecular weight excluding hydrogens is 279 g/mol. The monoisotopic (exact) mass is 292 g/mol. The third-order valence-electron chi connectivity index (χ3n) is 2.87. The Morgan fingerprint density at radius 3 is 2.80 bits per heavy atom. The Labute approximate surface area is 121 Å². The van der Waals surface area contributed by atoms with Crippen molar-refractivity contribution >= 4 is 17.5 Å². The molecule has 1 N–H and O–H groups in total. The molecule has 1 heterocycles. The highest BCUT2D eigenvalue weighted by Gasteiger charge is 2.15. The van der Waals surface area contributed by atoms with Crippen molar-refractivity contribution in [3.05, 3.63) is 64.7 Å². The molecule has 0 aliphatic heterocycles. The van der Waals surface area contributed by atoms with Crippen LogP contribution in [-0.2, 0) is 6.42 Å². The summed E-state index contributed by atoms with van der Waals surface area (Å²) in [5.41, 5.74) is 0.882. The van der Waals surface area contributed by atoms with E-state index in [1.807, 2.05) is 25.1 Å². The first-order chi connectivity index (χ1) is 9.58. The molecule has 104 valence electrons. The van der Waals surface area contributed by atoms with E-state index in [9.17, 15) is 9.18 Å². The Morgan fingerprint density at radius 1 is 1.35 bits per heavy atom. The lowest BCUT2D eigenvalue weighted by atomic mass is 10.1. The van der Waals surface area contributed by atoms with Crippen LogP contribution in [0.1, 0.15) is 22.8 Å². The molecule has 2 rings (SSSR count). The molecule has 0 fully saturated rings. The van der Waals surface area contributed by atoms with Crippen LogP contribution in [-0.4, -0.2) is 16.9 Å². The highest BCUT2D eigenvalue weighted by molar-refractivity contribution is 6.31. The predicted molar refractivity (Wildman–Crippen MR) is 76.3 cm³/mol. The molecule has 1 aromatic heterocycles. The second-order valence-electron chi connectivity index (χ2n) is 4.51. The van der Waals surface area contributed by atoms with Gasteiger partial charge in [-0.25, -0.2) is 4.98 Å². The smallest absolute Gasteiger partial charge is 0.256 e. The van der Waals surface area contributed by atoms with E-state index in [-0.39, 0.29) is 11.6 Å². The summed E-state index contributed by atoms with van der Waals surface area (Å²) in [7, 11) is 0. The third-order valence-corrected chi connectivity index (χ3v) is 3.23. The van der Waals surface area contributed by atoms with Crippen LogP contribution in [0.5, 0.6) is 0 Å². The molecule has 0 aliphatic carbocycles. The number of carbonyl (C=O) groups is 1. The maximum atomic E-state index is 13.4. The molecule has 2 aromatic rings. The minimum atomic E-state index is -0.769. The SMILES string of the molecule is CC(Cc1ccccc1Cl)NC(=O)c1cccnc1F. The van der Waals surface area contributed by atoms with Gasteiger partial charge in [0.1, 0.15) is 0 Å². The van der Waals surface area contributed by atoms with Crippen molar-refractivity contribution in [2.75, 3.05) is 0 Å². The summed E-state index contributed by atoms with van der Waals surface area (Å²) in [5.74, 6) is -1.25. The lowest BCUT2D eigenvalue weighted by Crippen LogP contribution is -2.34. The largest absolute Gasteiger partial charge is 0.349 e. The number of rotatable bonds is 4. The molecule has 0 bridgehead atoms. The molecule has 1 aromatic carbocycles. The van der Waals surface area contributed by atoms with Gasteiger partial charge in [-0.2, -0.15) is 4.39 Å². The van der Waals surface area contributed by atoms with Crippen molar-refractivity contribution in [2.45, 2.75) is 19.4 Å². The lowest BCUT2D eigenvalue weighted by molar-refractivity contribution is 0.0935. The lowest BCUT2D eigenvalue weighted by Gasteiger charge is -2.15. The number of pyridine rings is 1. The molecule has 0 radical (unpaired) electrons. The van der Waals surface area contributed by atoms with Gasteiger partial charge in [0.2, 0.25) is 5.95 Å². The number of amides is 1. The van der Waals surface area contributed by atoms with Crippen LogP contribution in [0, 0.1) is 5.95 Å². The summed E-state index contributed by atoms with van der Waals surface area (Å²) in [6.45, 7) is 1.84. The molecule has 0 aliphatic rings. The van der Waals surface area contributed by atoms with Gasteiger partial charge < -0.3 is 5.32 Å². The maximum Gasteiger partial charge on any atom is 0.256 e. The molecule has 1 unspecified atom stereocenters. The van der Waals surface area contributed by atoms with E-state index in [2.05, 4.69) is 10.3 Å². The molecule has 3 nitrogen and oxygen atoms in total. The summed E-state index contributed by atoms with van der Waals surface area (Å²) in [6, 6.07) is 10.2. The first-order valence-electron chi connectivity index (χ1n) is 6.22. The molecule has 0 spiro atoms. The summed E-state index contributed by atoms with van der Waals surface area (Å²) in [5, 5.41) is 3.39. The van der Waals surface area contributed by atoms with Gasteiger partial charge in [0.05, 0.1) is 5.56 Å². The zero-order valence-corrected chi connectivity index (χ0v) is 11.7. The number of nitrogens with one attached hydrogen (secondary N) is 1. The average molecular weight is 293 g/mol. The third kappa shape index (κ3) is 3.54. The molecule has 5 heteroatoms. The second kappa shape index (κ2) is 6.48. The zero-order chi connectivity index (χ0) is 14.5. The number of aromatic nitrogens is 1. The Morgan fingerprint density at radius 2 is 2.10 bits per heavy atom. The van der Waals surface area contributed by atoms with Gasteiger partial charge in [-0.15, -0.1) is 0 Å². The maximum absolute atomic E-state index is 13.4. The topological polar surface area (TPSA) is 42.0 Å². The van der Waals surface area contributed by atoms with Crippen molar-refractivity contribution in [1.29, 1.82) is 0 Å². The van der Waals surface area contributed by atoms with Crippen LogP contribution in [0.15, 0.2) is 42.6 Å². The van der Waals surface area contributed by atoms with Crippen LogP contribution in [0.2, 0.25) is 5.02 Å². The van der Waals surface area contributed by atoms with E-state index in [1.54, 1.807) is 6.07 Å². The molecule has 20 heavy (non-hydrogen) atoms. The van der Waals surface area contributed by atoms with E-state index in [4.69, 9.17) is 11.6 Å². The van der Waals surface area contributed by atoms with Gasteiger partial charge in [-0.1, -0.05) is 29.8 Å². The summed E-state index contributed by atoms with van der Waals surface area (Å²) in [4.78, 5) is 15.4. The van der Waals surface area contributed by atoms with Crippen molar-refractivity contribution in [3.8, 4) is 0 Å². The predicted octanol–water partition coefficient (Wildman–Crippen LogP) is 3.24. The molecule has 0 saturated heterocycles. The highest BCUT2D eigenvalue weighted by atomic mass is 35.5. The number of nitrogens with zero attached hydrogens (tertiary/aromatic N) is 1. The summed E-state index contributed by atoms with van der Waals surface area (Å²) < 4.78 is 13.4. The van der Waals surface area contributed by atoms with Crippen molar-refractivity contribution in [3.63, 3.8) is 0 Å². The number of carbonyl (C=O) groups excluding carboxylic acids is 1. The normalized spacial score (nSPS) is 11.9. The minimum Gasteiger partial charge on any atom is -0.349 e. The van der Waals surface area contributed by atoms with Crippen LogP contribution >= 0.6 is 11.6 Å². The fourth-order valence-electron chi connectivity index (χ4n) is 1.90. The number of halogens is 2. The van der Waals surface area contributed by atoms with Gasteiger partial charge in [0.15, 0.2) is 0 Å². The standard InChI is InChI=1S/C15H14ClFN2O/c1-10(9-11-5-2-3-7-13(11)16)19-15(20)12-6-4-8-18-14(12)17/h2-8,10H,9H2,1H3,(H,19,20). The molecule has 1 amide bonds. The van der Waals surface area contributed by atoms with Crippen molar-refractivity contribution in [1.82, 2.24) is 10.3 Å². The van der Waals surface area contributed by atoms with E-state index < -0.39 is 11.9 Å². The molecule has 1 atom stereocenters. The van der Waals surface area contributed by atoms with Gasteiger partial charge in [-0.3, -0.25) is 4.79 Å². The van der Waals surface area contributed by atoms with Crippen LogP contribution in [0.3, 0.4) is 0 Å². The number of benzene rings is 1. The van der Waals surface area contributed by atoms with Gasteiger partial charge in [0, 0.05) is 17.3 Å². The fraction of sp³-hybridized carbons (Fsp3) is 0.200. The van der Waals surface area contributed by atoms with E-state index in [1.165, 1.54) is 18.3 Å². The average Bonchev–Trinajstić information content (AvgIpc) is 2.41. The Balaban J connectivity index is 2.02. The van der Waals surface area contributed by atoms with Crippen molar-refractivity contribution < 1.29 is 9.18 Å². The zero-order valence-electron chi connectivity index (χ0n) is 10.9. The first kappa shape index (κ1) is 14.5. The van der Waals surface area contributed by atoms with E-state index in [0.29, 0.717) is 11.4 Å². The second-order valence-corrected chi connectivity index (χ2v) is 4.92. The first-order valence-corrected chi connectivity index (χ1v) is 6.60. The Hall–Kier alpha value is -1.94. The van der Waals surface area contributed by atoms with E-state index >= 15 is 0 Å². The number of hydrogen-bond donors (Lipinski definition) is 1. The highest BCUT2D eigenvalue weighted by Crippen LogP contribution is 2.16. The van der Waals surface area contributed by atoms with Gasteiger partial charge in [0.25, 0.3) is 5.91 Å². The molecular formula is C15H14ClFN2O.